The van der Waals surface area contributed by atoms with Crippen molar-refractivity contribution in [3.05, 3.63) is 63.2 Å². The Morgan fingerprint density at radius 3 is 2.78 bits per heavy atom. The first-order valence-electron chi connectivity index (χ1n) is 12.4. The maximum absolute atomic E-state index is 12.7. The largest absolute Gasteiger partial charge is 0.573 e. The van der Waals surface area contributed by atoms with Crippen LogP contribution in [0.1, 0.15) is 57.9 Å². The van der Waals surface area contributed by atoms with Crippen LogP contribution in [0.3, 0.4) is 0 Å². The first-order chi connectivity index (χ1) is 17.6. The molecule has 11 heteroatoms. The van der Waals surface area contributed by atoms with Gasteiger partial charge in [-0.1, -0.05) is 19.1 Å². The summed E-state index contributed by atoms with van der Waals surface area (Å²) in [5.74, 6) is 1.11. The lowest BCUT2D eigenvalue weighted by Crippen LogP contribution is -2.48. The monoisotopic (exact) mass is 531 g/mol. The molecular formula is C26H28F3N5O2S. The number of nitrogens with zero attached hydrogens (tertiary/aromatic N) is 4. The lowest BCUT2D eigenvalue weighted by Gasteiger charge is -2.40. The van der Waals surface area contributed by atoms with Crippen molar-refractivity contribution >= 4 is 23.1 Å². The van der Waals surface area contributed by atoms with Crippen molar-refractivity contribution in [2.24, 2.45) is 11.8 Å². The fourth-order valence-electron chi connectivity index (χ4n) is 4.78. The molecule has 2 atom stereocenters. The van der Waals surface area contributed by atoms with E-state index < -0.39 is 6.36 Å². The Balaban J connectivity index is 1.12. The Morgan fingerprint density at radius 1 is 1.24 bits per heavy atom. The van der Waals surface area contributed by atoms with Gasteiger partial charge in [0.05, 0.1) is 11.7 Å². The minimum absolute atomic E-state index is 0.209. The van der Waals surface area contributed by atoms with Crippen molar-refractivity contribution in [1.82, 2.24) is 20.5 Å². The highest BCUT2D eigenvalue weighted by molar-refractivity contribution is 7.11. The lowest BCUT2D eigenvalue weighted by atomic mass is 9.92. The zero-order chi connectivity index (χ0) is 26.2. The first-order valence-corrected chi connectivity index (χ1v) is 13.2. The molecule has 5 rings (SSSR count). The summed E-state index contributed by atoms with van der Waals surface area (Å²) in [4.78, 5) is 20.8. The maximum Gasteiger partial charge on any atom is 0.573 e. The molecular weight excluding hydrogens is 503 g/mol. The fraction of sp³-hybridized carbons (Fsp3) is 0.462. The van der Waals surface area contributed by atoms with Gasteiger partial charge in [0, 0.05) is 18.0 Å². The zero-order valence-electron chi connectivity index (χ0n) is 20.6. The van der Waals surface area contributed by atoms with Gasteiger partial charge in [0.1, 0.15) is 10.8 Å². The number of anilines is 1. The van der Waals surface area contributed by atoms with E-state index in [2.05, 4.69) is 27.2 Å². The average molecular weight is 532 g/mol. The minimum Gasteiger partial charge on any atom is -0.406 e. The molecule has 2 unspecified atom stereocenters. The number of halogens is 3. The number of fused-ring (bicyclic) bond motifs is 1. The van der Waals surface area contributed by atoms with E-state index in [9.17, 15) is 18.0 Å². The lowest BCUT2D eigenvalue weighted by molar-refractivity contribution is -0.274. The Morgan fingerprint density at radius 2 is 2.05 bits per heavy atom. The number of aromatic nitrogens is 3. The van der Waals surface area contributed by atoms with Gasteiger partial charge in [0.25, 0.3) is 5.91 Å². The van der Waals surface area contributed by atoms with Crippen LogP contribution >= 0.6 is 11.3 Å². The van der Waals surface area contributed by atoms with E-state index in [0.717, 1.165) is 29.8 Å². The molecule has 196 valence electrons. The summed E-state index contributed by atoms with van der Waals surface area (Å²) in [5.41, 5.74) is 2.19. The standard InChI is InChI=1S/C26H28F3N5O2S/c1-15-6-7-20-22(10-15)37-25(31-20)16(2)30-24(35)21-8-9-23(33-32-21)34-13-18(14-34)11-17-4-3-5-19(12-17)36-26(27,28)29/h3-5,8-9,12,15-16,18H,6-7,10-11,13-14H2,1-2H3,(H,30,35). The van der Waals surface area contributed by atoms with Crippen molar-refractivity contribution in [2.75, 3.05) is 18.0 Å². The van der Waals surface area contributed by atoms with Gasteiger partial charge in [-0.05, 0) is 74.3 Å². The highest BCUT2D eigenvalue weighted by Gasteiger charge is 2.32. The number of ether oxygens (including phenoxy) is 1. The van der Waals surface area contributed by atoms with Gasteiger partial charge in [-0.25, -0.2) is 4.98 Å². The van der Waals surface area contributed by atoms with Gasteiger partial charge in [-0.2, -0.15) is 0 Å². The van der Waals surface area contributed by atoms with Gasteiger partial charge in [-0.15, -0.1) is 34.7 Å². The van der Waals surface area contributed by atoms with E-state index >= 15 is 0 Å². The van der Waals surface area contributed by atoms with Crippen molar-refractivity contribution in [3.63, 3.8) is 0 Å². The number of aryl methyl sites for hydroxylation is 1. The third kappa shape index (κ3) is 6.20. The number of hydrogen-bond donors (Lipinski definition) is 1. The second kappa shape index (κ2) is 10.3. The molecule has 3 aromatic rings. The van der Waals surface area contributed by atoms with Crippen molar-refractivity contribution in [2.45, 2.75) is 51.9 Å². The molecule has 1 fully saturated rings. The van der Waals surface area contributed by atoms with Crippen molar-refractivity contribution in [3.8, 4) is 5.75 Å². The van der Waals surface area contributed by atoms with Crippen LogP contribution in [0, 0.1) is 11.8 Å². The van der Waals surface area contributed by atoms with Crippen LogP contribution in [0.5, 0.6) is 5.75 Å². The van der Waals surface area contributed by atoms with E-state index in [-0.39, 0.29) is 29.3 Å². The first kappa shape index (κ1) is 25.4. The van der Waals surface area contributed by atoms with Crippen LogP contribution in [-0.2, 0) is 19.3 Å². The van der Waals surface area contributed by atoms with Crippen molar-refractivity contribution in [1.29, 1.82) is 0 Å². The number of hydrogen-bond acceptors (Lipinski definition) is 7. The molecule has 0 radical (unpaired) electrons. The molecule has 0 saturated carbocycles. The van der Waals surface area contributed by atoms with Crippen LogP contribution in [0.25, 0.3) is 0 Å². The molecule has 1 amide bonds. The number of alkyl halides is 3. The molecule has 2 aromatic heterocycles. The number of carbonyl (C=O) groups is 1. The number of amides is 1. The van der Waals surface area contributed by atoms with Gasteiger partial charge < -0.3 is 15.0 Å². The molecule has 1 aliphatic carbocycles. The summed E-state index contributed by atoms with van der Waals surface area (Å²) < 4.78 is 41.4. The number of benzene rings is 1. The normalized spacial score (nSPS) is 18.6. The third-order valence-electron chi connectivity index (χ3n) is 6.74. The van der Waals surface area contributed by atoms with Gasteiger partial charge >= 0.3 is 6.36 Å². The summed E-state index contributed by atoms with van der Waals surface area (Å²) in [6, 6.07) is 9.28. The molecule has 1 aromatic carbocycles. The summed E-state index contributed by atoms with van der Waals surface area (Å²) in [6.45, 7) is 5.59. The van der Waals surface area contributed by atoms with E-state index in [1.165, 1.54) is 22.7 Å². The second-order valence-corrected chi connectivity index (χ2v) is 11.0. The van der Waals surface area contributed by atoms with E-state index in [1.54, 1.807) is 35.6 Å². The summed E-state index contributed by atoms with van der Waals surface area (Å²) >= 11 is 1.68. The molecule has 0 bridgehead atoms. The summed E-state index contributed by atoms with van der Waals surface area (Å²) in [5, 5.41) is 12.2. The van der Waals surface area contributed by atoms with Crippen LogP contribution in [0.4, 0.5) is 19.0 Å². The molecule has 3 heterocycles. The van der Waals surface area contributed by atoms with E-state index in [4.69, 9.17) is 4.98 Å². The average Bonchev–Trinajstić information content (AvgIpc) is 3.24. The SMILES string of the molecule is CC1CCc2nc(C(C)NC(=O)c3ccc(N4CC(Cc5cccc(OC(F)(F)F)c5)C4)nn3)sc2C1. The van der Waals surface area contributed by atoms with Crippen LogP contribution < -0.4 is 15.0 Å². The Hall–Kier alpha value is -3.21. The summed E-state index contributed by atoms with van der Waals surface area (Å²) in [7, 11) is 0. The second-order valence-electron chi connectivity index (χ2n) is 9.91. The predicted molar refractivity (Wildman–Crippen MR) is 134 cm³/mol. The van der Waals surface area contributed by atoms with Crippen LogP contribution in [0.15, 0.2) is 36.4 Å². The fourth-order valence-corrected chi connectivity index (χ4v) is 6.06. The third-order valence-corrected chi connectivity index (χ3v) is 8.04. The topological polar surface area (TPSA) is 80.2 Å². The summed E-state index contributed by atoms with van der Waals surface area (Å²) in [6.07, 6.45) is -0.865. The smallest absolute Gasteiger partial charge is 0.406 e. The Kier molecular flexibility index (Phi) is 7.06. The molecule has 0 spiro atoms. The molecule has 7 nitrogen and oxygen atoms in total. The number of nitrogens with one attached hydrogen (secondary N) is 1. The maximum atomic E-state index is 12.7. The molecule has 1 N–H and O–H groups in total. The van der Waals surface area contributed by atoms with E-state index in [1.807, 2.05) is 11.8 Å². The quantitative estimate of drug-likeness (QED) is 0.456. The molecule has 1 aliphatic heterocycles. The predicted octanol–water partition coefficient (Wildman–Crippen LogP) is 5.13. The highest BCUT2D eigenvalue weighted by Crippen LogP contribution is 2.32. The number of carbonyl (C=O) groups excluding carboxylic acids is 1. The number of rotatable bonds is 7. The van der Waals surface area contributed by atoms with Gasteiger partial charge in [0.15, 0.2) is 11.5 Å². The van der Waals surface area contributed by atoms with Gasteiger partial charge in [-0.3, -0.25) is 4.79 Å². The van der Waals surface area contributed by atoms with Crippen molar-refractivity contribution < 1.29 is 22.7 Å². The van der Waals surface area contributed by atoms with Crippen LogP contribution in [0.2, 0.25) is 0 Å². The molecule has 2 aliphatic rings. The Labute approximate surface area is 217 Å². The minimum atomic E-state index is -4.70. The Bertz CT molecular complexity index is 1260. The molecule has 37 heavy (non-hydrogen) atoms. The van der Waals surface area contributed by atoms with Gasteiger partial charge in [0.2, 0.25) is 0 Å². The highest BCUT2D eigenvalue weighted by atomic mass is 32.1. The number of thiazole rings is 1. The zero-order valence-corrected chi connectivity index (χ0v) is 21.4. The van der Waals surface area contributed by atoms with E-state index in [0.29, 0.717) is 31.2 Å². The van der Waals surface area contributed by atoms with Crippen LogP contribution in [-0.4, -0.2) is 40.5 Å². The molecule has 1 saturated heterocycles.